The Morgan fingerprint density at radius 2 is 1.92 bits per heavy atom. The van der Waals surface area contributed by atoms with Gasteiger partial charge in [-0.05, 0) is 30.4 Å². The number of amides is 1. The van der Waals surface area contributed by atoms with Crippen molar-refractivity contribution in [1.82, 2.24) is 9.88 Å². The van der Waals surface area contributed by atoms with E-state index in [1.165, 1.54) is 12.8 Å². The van der Waals surface area contributed by atoms with Gasteiger partial charge in [0.15, 0.2) is 0 Å². The molecule has 3 rings (SSSR count). The molecule has 1 aliphatic rings. The van der Waals surface area contributed by atoms with E-state index in [4.69, 9.17) is 0 Å². The van der Waals surface area contributed by atoms with E-state index in [9.17, 15) is 4.79 Å². The van der Waals surface area contributed by atoms with Crippen molar-refractivity contribution in [2.24, 2.45) is 5.92 Å². The van der Waals surface area contributed by atoms with Crippen LogP contribution in [0.4, 0.5) is 5.69 Å². The van der Waals surface area contributed by atoms with Crippen LogP contribution in [0.3, 0.4) is 0 Å². The van der Waals surface area contributed by atoms with Crippen LogP contribution in [0.2, 0.25) is 0 Å². The quantitative estimate of drug-likeness (QED) is 0.863. The van der Waals surface area contributed by atoms with Crippen LogP contribution in [0.5, 0.6) is 0 Å². The van der Waals surface area contributed by atoms with Crippen LogP contribution in [0.1, 0.15) is 35.7 Å². The minimum absolute atomic E-state index is 0.0126. The standard InChI is InChI=1S/C20H25N3O/c1-16-8-10-23(11-9-16)19-12-18(13-21-14-19)20(24)22(2)15-17-6-4-3-5-7-17/h3-7,12-14,16H,8-11,15H2,1-2H3. The van der Waals surface area contributed by atoms with Crippen molar-refractivity contribution < 1.29 is 4.79 Å². The number of rotatable bonds is 4. The summed E-state index contributed by atoms with van der Waals surface area (Å²) in [6, 6.07) is 12.0. The van der Waals surface area contributed by atoms with Crippen LogP contribution in [0.25, 0.3) is 0 Å². The Labute approximate surface area is 144 Å². The van der Waals surface area contributed by atoms with E-state index in [1.54, 1.807) is 11.1 Å². The van der Waals surface area contributed by atoms with E-state index in [-0.39, 0.29) is 5.91 Å². The summed E-state index contributed by atoms with van der Waals surface area (Å²) in [4.78, 5) is 21.1. The van der Waals surface area contributed by atoms with Gasteiger partial charge in [0.25, 0.3) is 5.91 Å². The summed E-state index contributed by atoms with van der Waals surface area (Å²) in [5, 5.41) is 0. The minimum Gasteiger partial charge on any atom is -0.370 e. The van der Waals surface area contributed by atoms with Gasteiger partial charge in [-0.15, -0.1) is 0 Å². The fraction of sp³-hybridized carbons (Fsp3) is 0.400. The summed E-state index contributed by atoms with van der Waals surface area (Å²) in [7, 11) is 1.84. The molecule has 126 valence electrons. The molecule has 0 N–H and O–H groups in total. The van der Waals surface area contributed by atoms with Crippen LogP contribution >= 0.6 is 0 Å². The maximum Gasteiger partial charge on any atom is 0.255 e. The smallest absolute Gasteiger partial charge is 0.255 e. The third-order valence-electron chi connectivity index (χ3n) is 4.73. The van der Waals surface area contributed by atoms with Crippen LogP contribution in [-0.2, 0) is 6.54 Å². The van der Waals surface area contributed by atoms with Gasteiger partial charge in [0.1, 0.15) is 0 Å². The summed E-state index contributed by atoms with van der Waals surface area (Å²) in [6.07, 6.45) is 5.93. The number of anilines is 1. The van der Waals surface area contributed by atoms with Crippen molar-refractivity contribution in [2.45, 2.75) is 26.3 Å². The van der Waals surface area contributed by atoms with Gasteiger partial charge in [0.2, 0.25) is 0 Å². The normalized spacial score (nSPS) is 15.3. The van der Waals surface area contributed by atoms with Crippen molar-refractivity contribution in [3.63, 3.8) is 0 Å². The summed E-state index contributed by atoms with van der Waals surface area (Å²) in [6.45, 7) is 4.99. The number of piperidine rings is 1. The maximum absolute atomic E-state index is 12.7. The highest BCUT2D eigenvalue weighted by molar-refractivity contribution is 5.94. The molecule has 0 atom stereocenters. The number of carbonyl (C=O) groups excluding carboxylic acids is 1. The zero-order chi connectivity index (χ0) is 16.9. The molecule has 0 bridgehead atoms. The average Bonchev–Trinajstić information content (AvgIpc) is 2.62. The van der Waals surface area contributed by atoms with Crippen molar-refractivity contribution in [3.05, 3.63) is 59.9 Å². The van der Waals surface area contributed by atoms with Crippen molar-refractivity contribution in [1.29, 1.82) is 0 Å². The Morgan fingerprint density at radius 1 is 1.21 bits per heavy atom. The summed E-state index contributed by atoms with van der Waals surface area (Å²) < 4.78 is 0. The average molecular weight is 323 g/mol. The molecule has 1 fully saturated rings. The van der Waals surface area contributed by atoms with Crippen molar-refractivity contribution in [2.75, 3.05) is 25.0 Å². The molecule has 24 heavy (non-hydrogen) atoms. The second-order valence-corrected chi connectivity index (χ2v) is 6.75. The van der Waals surface area contributed by atoms with E-state index in [2.05, 4.69) is 16.8 Å². The molecule has 1 aromatic heterocycles. The lowest BCUT2D eigenvalue weighted by atomic mass is 9.99. The monoisotopic (exact) mass is 323 g/mol. The Hall–Kier alpha value is -2.36. The lowest BCUT2D eigenvalue weighted by Crippen LogP contribution is -2.33. The molecule has 0 radical (unpaired) electrons. The van der Waals surface area contributed by atoms with E-state index >= 15 is 0 Å². The third kappa shape index (κ3) is 3.94. The molecule has 0 saturated carbocycles. The number of pyridine rings is 1. The molecule has 4 heteroatoms. The highest BCUT2D eigenvalue weighted by Crippen LogP contribution is 2.23. The van der Waals surface area contributed by atoms with Crippen LogP contribution in [0, 0.1) is 5.92 Å². The fourth-order valence-corrected chi connectivity index (χ4v) is 3.13. The van der Waals surface area contributed by atoms with E-state index in [1.807, 2.05) is 49.6 Å². The number of benzene rings is 1. The Bertz CT molecular complexity index is 678. The van der Waals surface area contributed by atoms with Crippen LogP contribution in [-0.4, -0.2) is 35.9 Å². The summed E-state index contributed by atoms with van der Waals surface area (Å²) in [5.74, 6) is 0.801. The second kappa shape index (κ2) is 7.47. The first-order chi connectivity index (χ1) is 11.6. The van der Waals surface area contributed by atoms with Gasteiger partial charge in [-0.2, -0.15) is 0 Å². The molecular weight excluding hydrogens is 298 g/mol. The molecule has 2 aromatic rings. The predicted molar refractivity (Wildman–Crippen MR) is 97.1 cm³/mol. The fourth-order valence-electron chi connectivity index (χ4n) is 3.13. The van der Waals surface area contributed by atoms with Crippen molar-refractivity contribution in [3.8, 4) is 0 Å². The molecule has 1 saturated heterocycles. The van der Waals surface area contributed by atoms with Gasteiger partial charge < -0.3 is 9.80 Å². The third-order valence-corrected chi connectivity index (χ3v) is 4.73. The van der Waals surface area contributed by atoms with E-state index in [0.29, 0.717) is 12.1 Å². The second-order valence-electron chi connectivity index (χ2n) is 6.75. The number of nitrogens with zero attached hydrogens (tertiary/aromatic N) is 3. The van der Waals surface area contributed by atoms with Gasteiger partial charge in [-0.3, -0.25) is 9.78 Å². The van der Waals surface area contributed by atoms with Crippen molar-refractivity contribution >= 4 is 11.6 Å². The topological polar surface area (TPSA) is 36.4 Å². The summed E-state index contributed by atoms with van der Waals surface area (Å²) >= 11 is 0. The Balaban J connectivity index is 1.69. The Morgan fingerprint density at radius 3 is 2.62 bits per heavy atom. The molecule has 2 heterocycles. The molecule has 0 spiro atoms. The molecule has 0 aliphatic carbocycles. The maximum atomic E-state index is 12.7. The SMILES string of the molecule is CC1CCN(c2cncc(C(=O)N(C)Cc3ccccc3)c2)CC1. The summed E-state index contributed by atoms with van der Waals surface area (Å²) in [5.41, 5.74) is 2.84. The first-order valence-corrected chi connectivity index (χ1v) is 8.63. The highest BCUT2D eigenvalue weighted by Gasteiger charge is 2.18. The first-order valence-electron chi connectivity index (χ1n) is 8.63. The number of carbonyl (C=O) groups is 1. The molecule has 1 aliphatic heterocycles. The van der Waals surface area contributed by atoms with Gasteiger partial charge >= 0.3 is 0 Å². The van der Waals surface area contributed by atoms with Gasteiger partial charge in [-0.25, -0.2) is 0 Å². The van der Waals surface area contributed by atoms with Crippen LogP contribution < -0.4 is 4.90 Å². The lowest BCUT2D eigenvalue weighted by molar-refractivity contribution is 0.0784. The first kappa shape index (κ1) is 16.5. The Kier molecular flexibility index (Phi) is 5.14. The largest absolute Gasteiger partial charge is 0.370 e. The molecular formula is C20H25N3O. The number of hydrogen-bond acceptors (Lipinski definition) is 3. The van der Waals surface area contributed by atoms with Crippen LogP contribution in [0.15, 0.2) is 48.8 Å². The minimum atomic E-state index is 0.0126. The number of hydrogen-bond donors (Lipinski definition) is 0. The van der Waals surface area contributed by atoms with Gasteiger partial charge in [-0.1, -0.05) is 37.3 Å². The molecule has 1 aromatic carbocycles. The zero-order valence-corrected chi connectivity index (χ0v) is 14.5. The van der Waals surface area contributed by atoms with E-state index < -0.39 is 0 Å². The predicted octanol–water partition coefficient (Wildman–Crippen LogP) is 3.59. The lowest BCUT2D eigenvalue weighted by Gasteiger charge is -2.32. The highest BCUT2D eigenvalue weighted by atomic mass is 16.2. The molecule has 0 unspecified atom stereocenters. The number of aromatic nitrogens is 1. The zero-order valence-electron chi connectivity index (χ0n) is 14.5. The van der Waals surface area contributed by atoms with Gasteiger partial charge in [0.05, 0.1) is 17.4 Å². The molecule has 4 nitrogen and oxygen atoms in total. The molecule has 1 amide bonds. The van der Waals surface area contributed by atoms with E-state index in [0.717, 1.165) is 30.3 Å². The van der Waals surface area contributed by atoms with Gasteiger partial charge in [0, 0.05) is 32.9 Å².